The molecule has 0 aliphatic carbocycles. The van der Waals surface area contributed by atoms with Crippen LogP contribution in [0.4, 0.5) is 0 Å². The maximum absolute atomic E-state index is 11.9. The highest BCUT2D eigenvalue weighted by atomic mass is 16.3. The topological polar surface area (TPSA) is 60.8 Å². The molecule has 0 atom stereocenters. The summed E-state index contributed by atoms with van der Waals surface area (Å²) in [5.74, 6) is 0.226. The third-order valence-electron chi connectivity index (χ3n) is 2.80. The first-order chi connectivity index (χ1) is 8.63. The van der Waals surface area contributed by atoms with Crippen LogP contribution in [0.3, 0.4) is 0 Å². The van der Waals surface area contributed by atoms with Crippen LogP contribution in [-0.4, -0.2) is 47.6 Å². The molecule has 0 aromatic heterocycles. The van der Waals surface area contributed by atoms with E-state index in [1.807, 2.05) is 11.9 Å². The molecule has 0 aliphatic rings. The van der Waals surface area contributed by atoms with Crippen LogP contribution in [-0.2, 0) is 0 Å². The van der Waals surface area contributed by atoms with E-state index < -0.39 is 0 Å². The molecule has 4 nitrogen and oxygen atoms in total. The van der Waals surface area contributed by atoms with Crippen LogP contribution in [0.2, 0.25) is 0 Å². The molecule has 1 aromatic carbocycles. The summed E-state index contributed by atoms with van der Waals surface area (Å²) < 4.78 is 0. The van der Waals surface area contributed by atoms with Crippen LogP contribution in [0.15, 0.2) is 24.3 Å². The number of nitrogens with zero attached hydrogens (tertiary/aromatic N) is 1. The Hall–Kier alpha value is -1.39. The highest BCUT2D eigenvalue weighted by Gasteiger charge is 2.08. The number of unbranched alkanes of at least 4 members (excludes halogenated alkanes) is 2. The van der Waals surface area contributed by atoms with Gasteiger partial charge in [-0.1, -0.05) is 0 Å². The second-order valence-electron chi connectivity index (χ2n) is 4.49. The van der Waals surface area contributed by atoms with Crippen LogP contribution >= 0.6 is 0 Å². The van der Waals surface area contributed by atoms with Crippen LogP contribution in [0.25, 0.3) is 0 Å². The third-order valence-corrected chi connectivity index (χ3v) is 2.80. The van der Waals surface area contributed by atoms with Crippen molar-refractivity contribution in [1.29, 1.82) is 0 Å². The molecule has 18 heavy (non-hydrogen) atoms. The number of likely N-dealkylation sites (N-methyl/N-ethyl adjacent to an activating group) is 1. The van der Waals surface area contributed by atoms with Gasteiger partial charge in [-0.2, -0.15) is 0 Å². The zero-order valence-electron chi connectivity index (χ0n) is 10.8. The van der Waals surface area contributed by atoms with Gasteiger partial charge in [-0.3, -0.25) is 9.69 Å². The van der Waals surface area contributed by atoms with Gasteiger partial charge in [0, 0.05) is 12.2 Å². The summed E-state index contributed by atoms with van der Waals surface area (Å²) in [5, 5.41) is 17.8. The van der Waals surface area contributed by atoms with Crippen molar-refractivity contribution < 1.29 is 15.0 Å². The van der Waals surface area contributed by atoms with E-state index in [0.717, 1.165) is 25.8 Å². The van der Waals surface area contributed by atoms with Gasteiger partial charge in [0.15, 0.2) is 5.78 Å². The maximum atomic E-state index is 11.9. The molecule has 0 fully saturated rings. The smallest absolute Gasteiger partial charge is 0.176 e. The van der Waals surface area contributed by atoms with Crippen molar-refractivity contribution in [3.05, 3.63) is 29.8 Å². The van der Waals surface area contributed by atoms with E-state index >= 15 is 0 Å². The number of phenolic OH excluding ortho intramolecular Hbond substituents is 1. The Bertz CT molecular complexity index is 362. The summed E-state index contributed by atoms with van der Waals surface area (Å²) in [7, 11) is 1.91. The first kappa shape index (κ1) is 14.7. The maximum Gasteiger partial charge on any atom is 0.176 e. The lowest BCUT2D eigenvalue weighted by molar-refractivity contribution is 0.0945. The van der Waals surface area contributed by atoms with Gasteiger partial charge in [0.05, 0.1) is 6.54 Å². The van der Waals surface area contributed by atoms with Gasteiger partial charge in [-0.15, -0.1) is 0 Å². The molecule has 1 aromatic rings. The predicted octanol–water partition coefficient (Wildman–Crippen LogP) is 1.67. The lowest BCUT2D eigenvalue weighted by atomic mass is 10.1. The molecule has 0 aliphatic heterocycles. The molecule has 0 bridgehead atoms. The molecule has 0 radical (unpaired) electrons. The highest BCUT2D eigenvalue weighted by molar-refractivity contribution is 5.97. The Morgan fingerprint density at radius 2 is 1.83 bits per heavy atom. The molecular formula is C14H21NO3. The van der Waals surface area contributed by atoms with Crippen molar-refractivity contribution in [2.24, 2.45) is 0 Å². The minimum Gasteiger partial charge on any atom is -0.508 e. The van der Waals surface area contributed by atoms with Gasteiger partial charge in [0.25, 0.3) is 0 Å². The summed E-state index contributed by atoms with van der Waals surface area (Å²) in [6.07, 6.45) is 2.79. The van der Waals surface area contributed by atoms with E-state index in [9.17, 15) is 4.79 Å². The summed E-state index contributed by atoms with van der Waals surface area (Å²) >= 11 is 0. The molecule has 1 rings (SSSR count). The number of hydrogen-bond acceptors (Lipinski definition) is 4. The van der Waals surface area contributed by atoms with E-state index in [4.69, 9.17) is 10.2 Å². The Kier molecular flexibility index (Phi) is 6.39. The predicted molar refractivity (Wildman–Crippen MR) is 70.9 cm³/mol. The van der Waals surface area contributed by atoms with E-state index in [1.165, 1.54) is 12.1 Å². The normalized spacial score (nSPS) is 10.8. The number of Topliss-reactive ketones (excluding diaryl/α,β-unsaturated/α-hetero) is 1. The van der Waals surface area contributed by atoms with E-state index in [2.05, 4.69) is 0 Å². The number of carbonyl (C=O) groups excluding carboxylic acids is 1. The van der Waals surface area contributed by atoms with Gasteiger partial charge in [0.1, 0.15) is 5.75 Å². The van der Waals surface area contributed by atoms with Gasteiger partial charge in [-0.25, -0.2) is 0 Å². The van der Waals surface area contributed by atoms with E-state index in [0.29, 0.717) is 12.1 Å². The highest BCUT2D eigenvalue weighted by Crippen LogP contribution is 2.10. The summed E-state index contributed by atoms with van der Waals surface area (Å²) in [6, 6.07) is 6.32. The molecule has 100 valence electrons. The summed E-state index contributed by atoms with van der Waals surface area (Å²) in [5.41, 5.74) is 0.620. The molecular weight excluding hydrogens is 230 g/mol. The quantitative estimate of drug-likeness (QED) is 0.545. The second-order valence-corrected chi connectivity index (χ2v) is 4.49. The molecule has 2 N–H and O–H groups in total. The fraction of sp³-hybridized carbons (Fsp3) is 0.500. The molecule has 0 spiro atoms. The molecule has 0 saturated carbocycles. The van der Waals surface area contributed by atoms with Crippen LogP contribution in [0.5, 0.6) is 5.75 Å². The van der Waals surface area contributed by atoms with E-state index in [-0.39, 0.29) is 18.1 Å². The molecule has 4 heteroatoms. The standard InChI is InChI=1S/C14H21NO3/c1-15(9-3-2-4-10-16)11-14(18)12-5-7-13(17)8-6-12/h5-8,16-17H,2-4,9-11H2,1H3. The average Bonchev–Trinajstić information content (AvgIpc) is 2.35. The van der Waals surface area contributed by atoms with Gasteiger partial charge in [-0.05, 0) is 57.1 Å². The number of phenols is 1. The lowest BCUT2D eigenvalue weighted by Crippen LogP contribution is -2.27. The molecule has 0 saturated heterocycles. The summed E-state index contributed by atoms with van der Waals surface area (Å²) in [4.78, 5) is 13.9. The number of carbonyl (C=O) groups is 1. The minimum absolute atomic E-state index is 0.0552. The Balaban J connectivity index is 2.33. The Morgan fingerprint density at radius 1 is 1.17 bits per heavy atom. The Morgan fingerprint density at radius 3 is 2.44 bits per heavy atom. The first-order valence-corrected chi connectivity index (χ1v) is 6.25. The van der Waals surface area contributed by atoms with Crippen LogP contribution in [0.1, 0.15) is 29.6 Å². The number of rotatable bonds is 8. The van der Waals surface area contributed by atoms with Crippen molar-refractivity contribution in [1.82, 2.24) is 4.90 Å². The zero-order chi connectivity index (χ0) is 13.4. The number of benzene rings is 1. The summed E-state index contributed by atoms with van der Waals surface area (Å²) in [6.45, 7) is 1.46. The number of aromatic hydroxyl groups is 1. The second kappa shape index (κ2) is 7.84. The van der Waals surface area contributed by atoms with Gasteiger partial charge >= 0.3 is 0 Å². The Labute approximate surface area is 108 Å². The van der Waals surface area contributed by atoms with Crippen LogP contribution < -0.4 is 0 Å². The van der Waals surface area contributed by atoms with Crippen molar-refractivity contribution in [2.75, 3.05) is 26.7 Å². The average molecular weight is 251 g/mol. The number of aliphatic hydroxyl groups excluding tert-OH is 1. The number of ketones is 1. The van der Waals surface area contributed by atoms with Crippen molar-refractivity contribution in [3.8, 4) is 5.75 Å². The van der Waals surface area contributed by atoms with Crippen LogP contribution in [0, 0.1) is 0 Å². The first-order valence-electron chi connectivity index (χ1n) is 6.25. The molecule has 0 amide bonds. The van der Waals surface area contributed by atoms with Crippen molar-refractivity contribution >= 4 is 5.78 Å². The fourth-order valence-corrected chi connectivity index (χ4v) is 1.73. The van der Waals surface area contributed by atoms with Crippen molar-refractivity contribution in [3.63, 3.8) is 0 Å². The van der Waals surface area contributed by atoms with E-state index in [1.54, 1.807) is 12.1 Å². The lowest BCUT2D eigenvalue weighted by Gasteiger charge is -2.15. The van der Waals surface area contributed by atoms with Crippen molar-refractivity contribution in [2.45, 2.75) is 19.3 Å². The zero-order valence-corrected chi connectivity index (χ0v) is 10.8. The largest absolute Gasteiger partial charge is 0.508 e. The monoisotopic (exact) mass is 251 g/mol. The van der Waals surface area contributed by atoms with Gasteiger partial charge in [0.2, 0.25) is 0 Å². The SMILES string of the molecule is CN(CCCCCO)CC(=O)c1ccc(O)cc1. The minimum atomic E-state index is 0.0552. The molecule has 0 heterocycles. The fourth-order valence-electron chi connectivity index (χ4n) is 1.73. The number of hydrogen-bond donors (Lipinski definition) is 2. The third kappa shape index (κ3) is 5.29. The number of aliphatic hydroxyl groups is 1. The van der Waals surface area contributed by atoms with Gasteiger partial charge < -0.3 is 10.2 Å². The molecule has 0 unspecified atom stereocenters.